The topological polar surface area (TPSA) is 95.0 Å². The molecule has 0 heterocycles. The largest absolute Gasteiger partial charge is 0.396 e. The lowest BCUT2D eigenvalue weighted by Crippen LogP contribution is -2.41. The minimum Gasteiger partial charge on any atom is -0.396 e. The molecule has 1 amide bonds. The molecule has 0 radical (unpaired) electrons. The summed E-state index contributed by atoms with van der Waals surface area (Å²) in [5, 5.41) is 18.3. The SMILES string of the molecule is CCNC(=NCC(=O)NCCOC)NCC(CCO)CC(C)C.I. The van der Waals surface area contributed by atoms with Gasteiger partial charge in [-0.2, -0.15) is 0 Å². The fourth-order valence-electron chi connectivity index (χ4n) is 2.23. The second kappa shape index (κ2) is 17.2. The molecular weight excluding hydrogens is 423 g/mol. The summed E-state index contributed by atoms with van der Waals surface area (Å²) in [6, 6.07) is 0. The molecule has 144 valence electrons. The molecule has 0 aromatic rings. The van der Waals surface area contributed by atoms with E-state index in [2.05, 4.69) is 34.8 Å². The Labute approximate surface area is 163 Å². The van der Waals surface area contributed by atoms with Crippen molar-refractivity contribution in [2.45, 2.75) is 33.6 Å². The monoisotopic (exact) mass is 458 g/mol. The molecule has 0 aliphatic heterocycles. The van der Waals surface area contributed by atoms with Gasteiger partial charge in [0.1, 0.15) is 6.54 Å². The van der Waals surface area contributed by atoms with E-state index in [0.29, 0.717) is 30.9 Å². The van der Waals surface area contributed by atoms with E-state index in [4.69, 9.17) is 9.84 Å². The molecule has 0 saturated heterocycles. The highest BCUT2D eigenvalue weighted by Gasteiger charge is 2.11. The van der Waals surface area contributed by atoms with Crippen LogP contribution in [0.4, 0.5) is 0 Å². The summed E-state index contributed by atoms with van der Waals surface area (Å²) in [4.78, 5) is 15.9. The number of carbonyl (C=O) groups is 1. The van der Waals surface area contributed by atoms with Crippen LogP contribution in [0.5, 0.6) is 0 Å². The number of hydrogen-bond acceptors (Lipinski definition) is 4. The van der Waals surface area contributed by atoms with Crippen molar-refractivity contribution in [1.82, 2.24) is 16.0 Å². The molecule has 0 aromatic heterocycles. The second-order valence-electron chi connectivity index (χ2n) is 5.93. The van der Waals surface area contributed by atoms with Gasteiger partial charge in [0.15, 0.2) is 5.96 Å². The van der Waals surface area contributed by atoms with Crippen LogP contribution in [-0.4, -0.2) is 63.5 Å². The Kier molecular flexibility index (Phi) is 18.4. The molecule has 24 heavy (non-hydrogen) atoms. The van der Waals surface area contributed by atoms with E-state index in [1.807, 2.05) is 6.92 Å². The van der Waals surface area contributed by atoms with E-state index in [1.54, 1.807) is 7.11 Å². The first kappa shape index (κ1) is 25.6. The van der Waals surface area contributed by atoms with E-state index < -0.39 is 0 Å². The molecule has 1 unspecified atom stereocenters. The predicted octanol–water partition coefficient (Wildman–Crippen LogP) is 0.967. The van der Waals surface area contributed by atoms with E-state index >= 15 is 0 Å². The standard InChI is InChI=1S/C16H34N4O3.HI/c1-5-17-16(20-12-15(22)18-7-9-23-4)19-11-14(6-8-21)10-13(2)3;/h13-14,21H,5-12H2,1-4H3,(H,18,22)(H2,17,19,20);1H. The Morgan fingerprint density at radius 3 is 2.50 bits per heavy atom. The number of ether oxygens (including phenoxy) is 1. The molecule has 0 spiro atoms. The van der Waals surface area contributed by atoms with Crippen molar-refractivity contribution in [3.05, 3.63) is 0 Å². The maximum atomic E-state index is 11.7. The van der Waals surface area contributed by atoms with Gasteiger partial charge in [0.2, 0.25) is 5.91 Å². The third-order valence-electron chi connectivity index (χ3n) is 3.25. The van der Waals surface area contributed by atoms with E-state index in [1.165, 1.54) is 0 Å². The summed E-state index contributed by atoms with van der Waals surface area (Å²) >= 11 is 0. The number of hydrogen-bond donors (Lipinski definition) is 4. The van der Waals surface area contributed by atoms with Gasteiger partial charge >= 0.3 is 0 Å². The van der Waals surface area contributed by atoms with Crippen LogP contribution < -0.4 is 16.0 Å². The lowest BCUT2D eigenvalue weighted by atomic mass is 9.94. The normalized spacial score (nSPS) is 12.5. The summed E-state index contributed by atoms with van der Waals surface area (Å²) in [6.07, 6.45) is 1.81. The highest BCUT2D eigenvalue weighted by Crippen LogP contribution is 2.14. The van der Waals surface area contributed by atoms with Crippen molar-refractivity contribution in [1.29, 1.82) is 0 Å². The van der Waals surface area contributed by atoms with Gasteiger partial charge in [-0.1, -0.05) is 13.8 Å². The zero-order valence-electron chi connectivity index (χ0n) is 15.4. The van der Waals surface area contributed by atoms with Crippen LogP contribution in [0, 0.1) is 11.8 Å². The number of aliphatic imine (C=N–C) groups is 1. The lowest BCUT2D eigenvalue weighted by molar-refractivity contribution is -0.119. The Morgan fingerprint density at radius 1 is 1.25 bits per heavy atom. The number of aliphatic hydroxyl groups excluding tert-OH is 1. The third kappa shape index (κ3) is 14.9. The van der Waals surface area contributed by atoms with Crippen LogP contribution in [0.15, 0.2) is 4.99 Å². The molecule has 0 aliphatic rings. The first-order chi connectivity index (χ1) is 11.0. The summed E-state index contributed by atoms with van der Waals surface area (Å²) < 4.78 is 4.88. The van der Waals surface area contributed by atoms with Gasteiger partial charge < -0.3 is 25.8 Å². The van der Waals surface area contributed by atoms with Gasteiger partial charge in [0.05, 0.1) is 6.61 Å². The Bertz CT molecular complexity index is 341. The van der Waals surface area contributed by atoms with Crippen LogP contribution in [0.2, 0.25) is 0 Å². The van der Waals surface area contributed by atoms with Crippen molar-refractivity contribution < 1.29 is 14.6 Å². The van der Waals surface area contributed by atoms with Crippen molar-refractivity contribution in [2.24, 2.45) is 16.8 Å². The average Bonchev–Trinajstić information content (AvgIpc) is 2.49. The van der Waals surface area contributed by atoms with Crippen LogP contribution in [-0.2, 0) is 9.53 Å². The van der Waals surface area contributed by atoms with Gasteiger partial charge in [-0.05, 0) is 31.6 Å². The highest BCUT2D eigenvalue weighted by atomic mass is 127. The van der Waals surface area contributed by atoms with Crippen molar-refractivity contribution in [3.63, 3.8) is 0 Å². The summed E-state index contributed by atoms with van der Waals surface area (Å²) in [6.45, 7) is 9.04. The number of guanidine groups is 1. The summed E-state index contributed by atoms with van der Waals surface area (Å²) in [7, 11) is 1.59. The lowest BCUT2D eigenvalue weighted by Gasteiger charge is -2.20. The highest BCUT2D eigenvalue weighted by molar-refractivity contribution is 14.0. The molecule has 7 nitrogen and oxygen atoms in total. The number of nitrogens with one attached hydrogen (secondary N) is 3. The Hall–Kier alpha value is -0.610. The minimum absolute atomic E-state index is 0. The number of carbonyl (C=O) groups excluding carboxylic acids is 1. The van der Waals surface area contributed by atoms with Gasteiger partial charge in [0, 0.05) is 33.4 Å². The number of nitrogens with zero attached hydrogens (tertiary/aromatic N) is 1. The van der Waals surface area contributed by atoms with Crippen LogP contribution in [0.3, 0.4) is 0 Å². The maximum absolute atomic E-state index is 11.7. The molecule has 0 aromatic carbocycles. The zero-order chi connectivity index (χ0) is 17.5. The molecule has 0 fully saturated rings. The van der Waals surface area contributed by atoms with Gasteiger partial charge in [-0.15, -0.1) is 24.0 Å². The fourth-order valence-corrected chi connectivity index (χ4v) is 2.23. The number of rotatable bonds is 12. The van der Waals surface area contributed by atoms with Gasteiger partial charge in [0.25, 0.3) is 0 Å². The summed E-state index contributed by atoms with van der Waals surface area (Å²) in [5.74, 6) is 1.47. The summed E-state index contributed by atoms with van der Waals surface area (Å²) in [5.41, 5.74) is 0. The smallest absolute Gasteiger partial charge is 0.241 e. The van der Waals surface area contributed by atoms with Crippen LogP contribution in [0.1, 0.15) is 33.6 Å². The number of methoxy groups -OCH3 is 1. The minimum atomic E-state index is -0.131. The van der Waals surface area contributed by atoms with Crippen molar-refractivity contribution in [3.8, 4) is 0 Å². The first-order valence-electron chi connectivity index (χ1n) is 8.42. The molecule has 8 heteroatoms. The van der Waals surface area contributed by atoms with Crippen LogP contribution >= 0.6 is 24.0 Å². The molecule has 0 bridgehead atoms. The third-order valence-corrected chi connectivity index (χ3v) is 3.25. The van der Waals surface area contributed by atoms with Crippen molar-refractivity contribution >= 4 is 35.8 Å². The Balaban J connectivity index is 0. The Morgan fingerprint density at radius 2 is 1.96 bits per heavy atom. The average molecular weight is 458 g/mol. The number of amides is 1. The number of aliphatic hydroxyl groups is 1. The molecule has 4 N–H and O–H groups in total. The predicted molar refractivity (Wildman–Crippen MR) is 109 cm³/mol. The number of halogens is 1. The molecular formula is C16H35IN4O3. The molecule has 0 rings (SSSR count). The molecule has 1 atom stereocenters. The zero-order valence-corrected chi connectivity index (χ0v) is 17.8. The maximum Gasteiger partial charge on any atom is 0.241 e. The van der Waals surface area contributed by atoms with E-state index in [-0.39, 0.29) is 43.0 Å². The van der Waals surface area contributed by atoms with Crippen LogP contribution in [0.25, 0.3) is 0 Å². The molecule has 0 aliphatic carbocycles. The van der Waals surface area contributed by atoms with Crippen molar-refractivity contribution in [2.75, 3.05) is 46.5 Å². The van der Waals surface area contributed by atoms with Gasteiger partial charge in [-0.3, -0.25) is 4.79 Å². The quantitative estimate of drug-likeness (QED) is 0.151. The fraction of sp³-hybridized carbons (Fsp3) is 0.875. The first-order valence-corrected chi connectivity index (χ1v) is 8.42. The van der Waals surface area contributed by atoms with E-state index in [0.717, 1.165) is 25.9 Å². The second-order valence-corrected chi connectivity index (χ2v) is 5.93. The molecule has 0 saturated carbocycles. The van der Waals surface area contributed by atoms with Gasteiger partial charge in [-0.25, -0.2) is 4.99 Å². The van der Waals surface area contributed by atoms with E-state index in [9.17, 15) is 4.79 Å².